The highest BCUT2D eigenvalue weighted by molar-refractivity contribution is 5.60. The molecule has 0 spiro atoms. The molecule has 0 aliphatic heterocycles. The second kappa shape index (κ2) is 4.51. The molecule has 2 nitrogen and oxygen atoms in total. The third-order valence-corrected chi connectivity index (χ3v) is 3.08. The van der Waals surface area contributed by atoms with Crippen molar-refractivity contribution in [1.29, 1.82) is 0 Å². The smallest absolute Gasteiger partial charge is 0.387 e. The van der Waals surface area contributed by atoms with Gasteiger partial charge in [-0.1, -0.05) is 13.8 Å². The highest BCUT2D eigenvalue weighted by Gasteiger charge is 2.28. The summed E-state index contributed by atoms with van der Waals surface area (Å²) in [7, 11) is 0. The zero-order valence-electron chi connectivity index (χ0n) is 10.0. The lowest BCUT2D eigenvalue weighted by Crippen LogP contribution is -2.06. The highest BCUT2D eigenvalue weighted by Crippen LogP contribution is 2.46. The molecular weight excluding hydrogens is 224 g/mol. The standard InChI is InChI=1S/C13H17F2NO/c1-7(2)10-5-9(17-13(14)15)6-11(12(10)16)8-3-4-8/h5-8,13H,3-4,16H2,1-2H3. The highest BCUT2D eigenvalue weighted by atomic mass is 19.3. The fraction of sp³-hybridized carbons (Fsp3) is 0.538. The van der Waals surface area contributed by atoms with Crippen LogP contribution in [0.4, 0.5) is 14.5 Å². The first-order valence-corrected chi connectivity index (χ1v) is 5.87. The van der Waals surface area contributed by atoms with Crippen molar-refractivity contribution < 1.29 is 13.5 Å². The molecule has 2 rings (SSSR count). The quantitative estimate of drug-likeness (QED) is 0.812. The summed E-state index contributed by atoms with van der Waals surface area (Å²) in [6.07, 6.45) is 2.17. The Hall–Kier alpha value is -1.32. The van der Waals surface area contributed by atoms with Crippen molar-refractivity contribution in [2.24, 2.45) is 0 Å². The first kappa shape index (κ1) is 12.1. The van der Waals surface area contributed by atoms with Crippen LogP contribution in [0, 0.1) is 0 Å². The Labute approximate surface area is 99.8 Å². The number of hydrogen-bond acceptors (Lipinski definition) is 2. The topological polar surface area (TPSA) is 35.2 Å². The van der Waals surface area contributed by atoms with Crippen LogP contribution in [0.1, 0.15) is 49.7 Å². The normalized spacial score (nSPS) is 15.6. The van der Waals surface area contributed by atoms with Gasteiger partial charge in [-0.25, -0.2) is 0 Å². The summed E-state index contributed by atoms with van der Waals surface area (Å²) in [5.74, 6) is 0.849. The summed E-state index contributed by atoms with van der Waals surface area (Å²) < 4.78 is 29.0. The maximum absolute atomic E-state index is 12.2. The van der Waals surface area contributed by atoms with E-state index in [1.54, 1.807) is 12.1 Å². The lowest BCUT2D eigenvalue weighted by atomic mass is 9.95. The van der Waals surface area contributed by atoms with E-state index < -0.39 is 6.61 Å². The number of benzene rings is 1. The third kappa shape index (κ3) is 2.68. The van der Waals surface area contributed by atoms with Crippen molar-refractivity contribution in [3.8, 4) is 5.75 Å². The fourth-order valence-corrected chi connectivity index (χ4v) is 2.05. The van der Waals surface area contributed by atoms with Gasteiger partial charge in [0.1, 0.15) is 5.75 Å². The molecule has 4 heteroatoms. The minimum absolute atomic E-state index is 0.203. The molecule has 2 N–H and O–H groups in total. The predicted octanol–water partition coefficient (Wildman–Crippen LogP) is 3.87. The second-order valence-corrected chi connectivity index (χ2v) is 4.82. The minimum Gasteiger partial charge on any atom is -0.435 e. The number of halogens is 2. The lowest BCUT2D eigenvalue weighted by Gasteiger charge is -2.16. The molecule has 17 heavy (non-hydrogen) atoms. The maximum Gasteiger partial charge on any atom is 0.387 e. The molecule has 1 aromatic carbocycles. The summed E-state index contributed by atoms with van der Waals surface area (Å²) in [5.41, 5.74) is 8.68. The van der Waals surface area contributed by atoms with Crippen LogP contribution in [-0.4, -0.2) is 6.61 Å². The summed E-state index contributed by atoms with van der Waals surface area (Å²) in [6.45, 7) is 1.20. The molecule has 0 bridgehead atoms. The molecule has 0 atom stereocenters. The van der Waals surface area contributed by atoms with Crippen LogP contribution >= 0.6 is 0 Å². The molecule has 1 aliphatic rings. The molecule has 94 valence electrons. The fourth-order valence-electron chi connectivity index (χ4n) is 2.05. The largest absolute Gasteiger partial charge is 0.435 e. The van der Waals surface area contributed by atoms with E-state index in [-0.39, 0.29) is 11.7 Å². The number of alkyl halides is 2. The van der Waals surface area contributed by atoms with Crippen LogP contribution in [0.2, 0.25) is 0 Å². The Morgan fingerprint density at radius 3 is 2.41 bits per heavy atom. The molecule has 0 heterocycles. The monoisotopic (exact) mass is 241 g/mol. The van der Waals surface area contributed by atoms with Crippen LogP contribution in [0.3, 0.4) is 0 Å². The van der Waals surface area contributed by atoms with Gasteiger partial charge in [0, 0.05) is 5.69 Å². The van der Waals surface area contributed by atoms with Gasteiger partial charge in [0.25, 0.3) is 0 Å². The Bertz CT molecular complexity index is 391. The van der Waals surface area contributed by atoms with E-state index in [2.05, 4.69) is 4.74 Å². The average molecular weight is 241 g/mol. The molecule has 0 radical (unpaired) electrons. The average Bonchev–Trinajstić information content (AvgIpc) is 3.02. The molecule has 1 saturated carbocycles. The Kier molecular flexibility index (Phi) is 3.22. The van der Waals surface area contributed by atoms with E-state index in [4.69, 9.17) is 5.73 Å². The van der Waals surface area contributed by atoms with E-state index in [0.29, 0.717) is 5.92 Å². The Balaban J connectivity index is 2.40. The Morgan fingerprint density at radius 2 is 1.94 bits per heavy atom. The predicted molar refractivity (Wildman–Crippen MR) is 63.6 cm³/mol. The summed E-state index contributed by atoms with van der Waals surface area (Å²) in [6, 6.07) is 3.28. The van der Waals surface area contributed by atoms with Crippen molar-refractivity contribution in [2.45, 2.75) is 45.1 Å². The van der Waals surface area contributed by atoms with E-state index >= 15 is 0 Å². The number of nitrogens with two attached hydrogens (primary N) is 1. The van der Waals surface area contributed by atoms with Crippen LogP contribution in [0.5, 0.6) is 5.75 Å². The molecule has 1 fully saturated rings. The van der Waals surface area contributed by atoms with Gasteiger partial charge in [-0.15, -0.1) is 0 Å². The van der Waals surface area contributed by atoms with Crippen molar-refractivity contribution in [2.75, 3.05) is 5.73 Å². The Morgan fingerprint density at radius 1 is 1.29 bits per heavy atom. The number of rotatable bonds is 4. The SMILES string of the molecule is CC(C)c1cc(OC(F)F)cc(C2CC2)c1N. The van der Waals surface area contributed by atoms with Gasteiger partial charge in [-0.2, -0.15) is 8.78 Å². The van der Waals surface area contributed by atoms with E-state index in [9.17, 15) is 8.78 Å². The number of anilines is 1. The maximum atomic E-state index is 12.2. The molecule has 1 aromatic rings. The summed E-state index contributed by atoms with van der Waals surface area (Å²) in [4.78, 5) is 0. The molecule has 0 unspecified atom stereocenters. The number of ether oxygens (including phenoxy) is 1. The van der Waals surface area contributed by atoms with Gasteiger partial charge < -0.3 is 10.5 Å². The number of nitrogen functional groups attached to an aromatic ring is 1. The van der Waals surface area contributed by atoms with Crippen molar-refractivity contribution in [1.82, 2.24) is 0 Å². The van der Waals surface area contributed by atoms with Gasteiger partial charge in [-0.3, -0.25) is 0 Å². The molecule has 0 aromatic heterocycles. The minimum atomic E-state index is -2.79. The first-order chi connectivity index (χ1) is 7.99. The van der Waals surface area contributed by atoms with E-state index in [0.717, 1.165) is 29.7 Å². The van der Waals surface area contributed by atoms with Crippen molar-refractivity contribution in [3.63, 3.8) is 0 Å². The van der Waals surface area contributed by atoms with Crippen LogP contribution < -0.4 is 10.5 Å². The van der Waals surface area contributed by atoms with E-state index in [1.807, 2.05) is 13.8 Å². The van der Waals surface area contributed by atoms with E-state index in [1.165, 1.54) is 0 Å². The molecule has 1 aliphatic carbocycles. The van der Waals surface area contributed by atoms with Crippen molar-refractivity contribution >= 4 is 5.69 Å². The third-order valence-electron chi connectivity index (χ3n) is 3.08. The van der Waals surface area contributed by atoms with Crippen LogP contribution in [0.15, 0.2) is 12.1 Å². The van der Waals surface area contributed by atoms with Gasteiger partial charge in [0.15, 0.2) is 0 Å². The molecule has 0 saturated heterocycles. The summed E-state index contributed by atoms with van der Waals surface area (Å²) >= 11 is 0. The first-order valence-electron chi connectivity index (χ1n) is 5.87. The molecule has 0 amide bonds. The van der Waals surface area contributed by atoms with Gasteiger partial charge >= 0.3 is 6.61 Å². The number of hydrogen-bond donors (Lipinski definition) is 1. The molecular formula is C13H17F2NO. The van der Waals surface area contributed by atoms with Crippen molar-refractivity contribution in [3.05, 3.63) is 23.3 Å². The lowest BCUT2D eigenvalue weighted by molar-refractivity contribution is -0.0499. The van der Waals surface area contributed by atoms with Gasteiger partial charge in [0.05, 0.1) is 0 Å². The zero-order valence-corrected chi connectivity index (χ0v) is 10.0. The summed E-state index contributed by atoms with van der Waals surface area (Å²) in [5, 5.41) is 0. The zero-order chi connectivity index (χ0) is 12.6. The van der Waals surface area contributed by atoms with Gasteiger partial charge in [0.2, 0.25) is 0 Å². The van der Waals surface area contributed by atoms with Crippen LogP contribution in [0.25, 0.3) is 0 Å². The van der Waals surface area contributed by atoms with Gasteiger partial charge in [-0.05, 0) is 47.9 Å². The van der Waals surface area contributed by atoms with Crippen LogP contribution in [-0.2, 0) is 0 Å². The second-order valence-electron chi connectivity index (χ2n) is 4.82.